The van der Waals surface area contributed by atoms with Crippen molar-refractivity contribution in [2.45, 2.75) is 23.3 Å². The van der Waals surface area contributed by atoms with Gasteiger partial charge in [0.1, 0.15) is 6.04 Å². The Hall–Kier alpha value is 0.160. The summed E-state index contributed by atoms with van der Waals surface area (Å²) >= 11 is 2.04. The Kier molecular flexibility index (Phi) is 4.12. The molecule has 0 aliphatic heterocycles. The van der Waals surface area contributed by atoms with Crippen LogP contribution in [0.3, 0.4) is 0 Å². The normalized spacial score (nSPS) is 16.8. The Balaban J connectivity index is 3.72. The van der Waals surface area contributed by atoms with Crippen molar-refractivity contribution in [1.82, 2.24) is 0 Å². The van der Waals surface area contributed by atoms with Crippen LogP contribution in [0.1, 0.15) is 13.3 Å². The maximum Gasteiger partial charge on any atom is 0.321 e. The van der Waals surface area contributed by atoms with Crippen molar-refractivity contribution in [2.75, 3.05) is 0 Å². The topological polar surface area (TPSA) is 63.3 Å². The summed E-state index contributed by atoms with van der Waals surface area (Å²) in [6, 6.07) is -0.712. The average Bonchev–Trinajstić information content (AvgIpc) is 1.84. The second-order valence-electron chi connectivity index (χ2n) is 1.79. The first-order valence-electron chi connectivity index (χ1n) is 2.72. The predicted molar refractivity (Wildman–Crippen MR) is 43.7 cm³/mol. The van der Waals surface area contributed by atoms with Gasteiger partial charge in [-0.05, 0) is 6.42 Å². The van der Waals surface area contributed by atoms with E-state index in [0.717, 1.165) is 6.42 Å². The van der Waals surface area contributed by atoms with E-state index in [0.29, 0.717) is 0 Å². The lowest BCUT2D eigenvalue weighted by Gasteiger charge is -2.10. The number of rotatable bonds is 3. The third-order valence-electron chi connectivity index (χ3n) is 1.06. The van der Waals surface area contributed by atoms with Crippen LogP contribution in [0, 0.1) is 0 Å². The lowest BCUT2D eigenvalue weighted by molar-refractivity contribution is -0.138. The van der Waals surface area contributed by atoms with Crippen molar-refractivity contribution in [2.24, 2.45) is 5.73 Å². The minimum Gasteiger partial charge on any atom is -0.480 e. The number of carbonyl (C=O) groups is 1. The molecule has 0 saturated carbocycles. The van der Waals surface area contributed by atoms with Gasteiger partial charge in [0.05, 0.1) is 0 Å². The average molecular weight is 243 g/mol. The predicted octanol–water partition coefficient (Wildman–Crippen LogP) is 0.612. The van der Waals surface area contributed by atoms with E-state index in [1.54, 1.807) is 0 Å². The van der Waals surface area contributed by atoms with Gasteiger partial charge in [-0.1, -0.05) is 29.5 Å². The number of hydrogen-bond acceptors (Lipinski definition) is 2. The minimum atomic E-state index is -0.920. The lowest BCUT2D eigenvalue weighted by Crippen LogP contribution is -2.38. The largest absolute Gasteiger partial charge is 0.480 e. The van der Waals surface area contributed by atoms with Crippen LogP contribution in [-0.2, 0) is 4.79 Å². The molecule has 0 aromatic carbocycles. The quantitative estimate of drug-likeness (QED) is 0.564. The summed E-state index contributed by atoms with van der Waals surface area (Å²) in [5.74, 6) is -0.920. The van der Waals surface area contributed by atoms with Gasteiger partial charge >= 0.3 is 5.97 Å². The highest BCUT2D eigenvalue weighted by Gasteiger charge is 2.18. The summed E-state index contributed by atoms with van der Waals surface area (Å²) in [6.07, 6.45) is 0.800. The standard InChI is InChI=1S/C5H10INO2/c1-2-3(6)4(7)5(8)9/h3-4H,2,7H2,1H3,(H,8,9)/t3-,4-/m0/s1. The Bertz CT molecular complexity index is 107. The number of nitrogens with two attached hydrogens (primary N) is 1. The molecular formula is C5H10INO2. The molecule has 0 radical (unpaired) electrons. The van der Waals surface area contributed by atoms with Crippen LogP contribution in [0.2, 0.25) is 0 Å². The summed E-state index contributed by atoms with van der Waals surface area (Å²) < 4.78 is 0.0418. The van der Waals surface area contributed by atoms with Crippen molar-refractivity contribution in [1.29, 1.82) is 0 Å². The second kappa shape index (κ2) is 4.05. The Labute approximate surface area is 67.8 Å². The fourth-order valence-electron chi connectivity index (χ4n) is 0.409. The van der Waals surface area contributed by atoms with Crippen LogP contribution in [0.5, 0.6) is 0 Å². The van der Waals surface area contributed by atoms with E-state index in [9.17, 15) is 4.79 Å². The molecule has 3 nitrogen and oxygen atoms in total. The number of alkyl halides is 1. The van der Waals surface area contributed by atoms with Gasteiger partial charge in [-0.15, -0.1) is 0 Å². The zero-order valence-corrected chi connectivity index (χ0v) is 7.33. The third-order valence-corrected chi connectivity index (χ3v) is 2.72. The number of carboxylic acids is 1. The van der Waals surface area contributed by atoms with Gasteiger partial charge in [0.25, 0.3) is 0 Å². The van der Waals surface area contributed by atoms with Crippen molar-refractivity contribution in [3.05, 3.63) is 0 Å². The van der Waals surface area contributed by atoms with Gasteiger partial charge in [-0.25, -0.2) is 0 Å². The number of aliphatic carboxylic acids is 1. The maximum atomic E-state index is 10.2. The Morgan fingerprint density at radius 1 is 1.89 bits per heavy atom. The fourth-order valence-corrected chi connectivity index (χ4v) is 0.716. The van der Waals surface area contributed by atoms with Crippen molar-refractivity contribution in [3.8, 4) is 0 Å². The van der Waals surface area contributed by atoms with Gasteiger partial charge in [0.2, 0.25) is 0 Å². The molecule has 4 heteroatoms. The Morgan fingerprint density at radius 3 is 2.44 bits per heavy atom. The van der Waals surface area contributed by atoms with E-state index in [4.69, 9.17) is 10.8 Å². The molecule has 0 aromatic rings. The van der Waals surface area contributed by atoms with Crippen molar-refractivity contribution >= 4 is 28.6 Å². The van der Waals surface area contributed by atoms with E-state index < -0.39 is 12.0 Å². The lowest BCUT2D eigenvalue weighted by atomic mass is 10.2. The molecule has 0 bridgehead atoms. The fraction of sp³-hybridized carbons (Fsp3) is 0.800. The van der Waals surface area contributed by atoms with Crippen LogP contribution >= 0.6 is 22.6 Å². The highest BCUT2D eigenvalue weighted by atomic mass is 127. The van der Waals surface area contributed by atoms with Gasteiger partial charge in [0, 0.05) is 3.92 Å². The maximum absolute atomic E-state index is 10.2. The zero-order valence-electron chi connectivity index (χ0n) is 5.17. The SMILES string of the molecule is CC[C@H](I)[C@H](N)C(=O)O. The van der Waals surface area contributed by atoms with Crippen LogP contribution < -0.4 is 5.73 Å². The molecule has 0 spiro atoms. The smallest absolute Gasteiger partial charge is 0.321 e. The monoisotopic (exact) mass is 243 g/mol. The van der Waals surface area contributed by atoms with Gasteiger partial charge < -0.3 is 10.8 Å². The van der Waals surface area contributed by atoms with Crippen molar-refractivity contribution < 1.29 is 9.90 Å². The summed E-state index contributed by atoms with van der Waals surface area (Å²) in [4.78, 5) is 10.2. The van der Waals surface area contributed by atoms with E-state index in [2.05, 4.69) is 0 Å². The van der Waals surface area contributed by atoms with Gasteiger partial charge in [0.15, 0.2) is 0 Å². The molecule has 0 heterocycles. The van der Waals surface area contributed by atoms with E-state index in [1.165, 1.54) is 0 Å². The first-order valence-corrected chi connectivity index (χ1v) is 3.96. The van der Waals surface area contributed by atoms with E-state index in [-0.39, 0.29) is 3.92 Å². The first-order chi connectivity index (χ1) is 4.09. The molecule has 3 N–H and O–H groups in total. The zero-order chi connectivity index (χ0) is 7.44. The Morgan fingerprint density at radius 2 is 2.33 bits per heavy atom. The molecule has 0 aromatic heterocycles. The molecule has 0 aliphatic rings. The van der Waals surface area contributed by atoms with Crippen LogP contribution in [0.15, 0.2) is 0 Å². The molecule has 9 heavy (non-hydrogen) atoms. The number of hydrogen-bond donors (Lipinski definition) is 2. The number of halogens is 1. The minimum absolute atomic E-state index is 0.0418. The molecule has 0 fully saturated rings. The second-order valence-corrected chi connectivity index (χ2v) is 3.39. The summed E-state index contributed by atoms with van der Waals surface area (Å²) in [7, 11) is 0. The number of carboxylic acid groups (broad SMARTS) is 1. The molecule has 0 unspecified atom stereocenters. The van der Waals surface area contributed by atoms with Crippen molar-refractivity contribution in [3.63, 3.8) is 0 Å². The molecular weight excluding hydrogens is 233 g/mol. The first kappa shape index (κ1) is 9.16. The molecule has 0 amide bonds. The molecule has 0 rings (SSSR count). The summed E-state index contributed by atoms with van der Waals surface area (Å²) in [5, 5.41) is 8.35. The van der Waals surface area contributed by atoms with Crippen LogP contribution in [0.4, 0.5) is 0 Å². The summed E-state index contributed by atoms with van der Waals surface area (Å²) in [6.45, 7) is 1.92. The molecule has 54 valence electrons. The summed E-state index contributed by atoms with van der Waals surface area (Å²) in [5.41, 5.74) is 5.26. The highest BCUT2D eigenvalue weighted by molar-refractivity contribution is 14.1. The highest BCUT2D eigenvalue weighted by Crippen LogP contribution is 2.08. The molecule has 0 saturated heterocycles. The van der Waals surface area contributed by atoms with E-state index >= 15 is 0 Å². The molecule has 2 atom stereocenters. The third kappa shape index (κ3) is 3.00. The molecule has 0 aliphatic carbocycles. The van der Waals surface area contributed by atoms with Crippen LogP contribution in [-0.4, -0.2) is 21.0 Å². The van der Waals surface area contributed by atoms with Gasteiger partial charge in [-0.2, -0.15) is 0 Å². The van der Waals surface area contributed by atoms with Crippen LogP contribution in [0.25, 0.3) is 0 Å². The van der Waals surface area contributed by atoms with E-state index in [1.807, 2.05) is 29.5 Å². The van der Waals surface area contributed by atoms with Gasteiger partial charge in [-0.3, -0.25) is 4.79 Å².